The molecule has 0 aliphatic heterocycles. The maximum absolute atomic E-state index is 9.18. The van der Waals surface area contributed by atoms with E-state index in [-0.39, 0.29) is 0 Å². The van der Waals surface area contributed by atoms with Gasteiger partial charge < -0.3 is 9.47 Å². The van der Waals surface area contributed by atoms with Crippen molar-refractivity contribution < 1.29 is 23.4 Å². The van der Waals surface area contributed by atoms with Crippen LogP contribution in [0.5, 0.6) is 5.75 Å². The minimum atomic E-state index is -2.44. The van der Waals surface area contributed by atoms with Gasteiger partial charge in [-0.1, -0.05) is 48.5 Å². The zero-order valence-electron chi connectivity index (χ0n) is 17.1. The molecule has 0 radical (unpaired) electrons. The van der Waals surface area contributed by atoms with Gasteiger partial charge in [0.25, 0.3) is 0 Å². The molecule has 152 valence electrons. The maximum atomic E-state index is 9.18. The summed E-state index contributed by atoms with van der Waals surface area (Å²) < 4.78 is 20.8. The maximum Gasteiger partial charge on any atom is 0.405 e. The van der Waals surface area contributed by atoms with Crippen molar-refractivity contribution in [3.05, 3.63) is 54.6 Å². The summed E-state index contributed by atoms with van der Waals surface area (Å²) >= 11 is 0. The molecule has 0 saturated carbocycles. The van der Waals surface area contributed by atoms with Crippen molar-refractivity contribution in [2.45, 2.75) is 13.8 Å². The first-order valence-electron chi connectivity index (χ1n) is 9.43. The van der Waals surface area contributed by atoms with Crippen molar-refractivity contribution in [2.75, 3.05) is 40.2 Å². The molecule has 6 heteroatoms. The van der Waals surface area contributed by atoms with Gasteiger partial charge in [-0.3, -0.25) is 0 Å². The molecular formula is C22H30O5P+. The molecule has 3 rings (SSSR count). The third-order valence-electron chi connectivity index (χ3n) is 3.99. The third-order valence-corrected chi connectivity index (χ3v) is 5.47. The molecule has 3 aromatic rings. The Morgan fingerprint density at radius 2 is 1.32 bits per heavy atom. The van der Waals surface area contributed by atoms with Crippen LogP contribution >= 0.6 is 7.94 Å². The van der Waals surface area contributed by atoms with Gasteiger partial charge in [0, 0.05) is 17.9 Å². The van der Waals surface area contributed by atoms with Gasteiger partial charge in [0.2, 0.25) is 0 Å². The van der Waals surface area contributed by atoms with E-state index in [0.29, 0.717) is 26.4 Å². The summed E-state index contributed by atoms with van der Waals surface area (Å²) in [5, 5.41) is 4.71. The van der Waals surface area contributed by atoms with Crippen molar-refractivity contribution in [3.8, 4) is 5.75 Å². The minimum absolute atomic E-state index is 0.501. The number of rotatable bonds is 8. The number of fused-ring (bicyclic) bond motifs is 2. The first kappa shape index (κ1) is 22.5. The summed E-state index contributed by atoms with van der Waals surface area (Å²) in [5.41, 5.74) is 0. The van der Waals surface area contributed by atoms with Crippen LogP contribution in [0.2, 0.25) is 0 Å². The second kappa shape index (κ2) is 11.3. The highest BCUT2D eigenvalue weighted by Crippen LogP contribution is 2.52. The fraction of sp³-hybridized carbons (Fsp3) is 0.364. The predicted molar refractivity (Wildman–Crippen MR) is 117 cm³/mol. The van der Waals surface area contributed by atoms with E-state index in [1.807, 2.05) is 26.0 Å². The molecule has 0 aromatic heterocycles. The molecule has 0 aliphatic carbocycles. The topological polar surface area (TPSA) is 57.2 Å². The Hall–Kier alpha value is -1.75. The zero-order chi connectivity index (χ0) is 20.4. The molecule has 0 amide bonds. The van der Waals surface area contributed by atoms with E-state index < -0.39 is 7.94 Å². The predicted octanol–water partition coefficient (Wildman–Crippen LogP) is 5.46. The van der Waals surface area contributed by atoms with Gasteiger partial charge in [-0.15, -0.1) is 0 Å². The molecule has 28 heavy (non-hydrogen) atoms. The lowest BCUT2D eigenvalue weighted by molar-refractivity contribution is 0.148. The van der Waals surface area contributed by atoms with Crippen LogP contribution in [0, 0.1) is 0 Å². The van der Waals surface area contributed by atoms with Gasteiger partial charge in [-0.05, 0) is 30.7 Å². The van der Waals surface area contributed by atoms with Crippen molar-refractivity contribution in [2.24, 2.45) is 0 Å². The highest BCUT2D eigenvalue weighted by atomic mass is 31.2. The molecule has 0 unspecified atom stereocenters. The molecule has 0 heterocycles. The molecule has 0 spiro atoms. The van der Waals surface area contributed by atoms with E-state index in [4.69, 9.17) is 18.5 Å². The van der Waals surface area contributed by atoms with Crippen LogP contribution < -0.4 is 4.74 Å². The normalized spacial score (nSPS) is 11.3. The fourth-order valence-electron chi connectivity index (χ4n) is 2.87. The molecular weight excluding hydrogens is 375 g/mol. The van der Waals surface area contributed by atoms with Gasteiger partial charge in [0.05, 0.1) is 19.8 Å². The van der Waals surface area contributed by atoms with E-state index in [0.717, 1.165) is 16.5 Å². The zero-order valence-corrected chi connectivity index (χ0v) is 17.9. The Bertz CT molecular complexity index is 804. The number of methoxy groups -OCH3 is 1. The number of hydrogen-bond donors (Lipinski definition) is 1. The van der Waals surface area contributed by atoms with Crippen LogP contribution in [0.4, 0.5) is 0 Å². The Labute approximate surface area is 167 Å². The highest BCUT2D eigenvalue weighted by molar-refractivity contribution is 7.59. The van der Waals surface area contributed by atoms with E-state index in [1.165, 1.54) is 10.8 Å². The lowest BCUT2D eigenvalue weighted by atomic mass is 10.0. The molecule has 1 N–H and O–H groups in total. The first-order valence-corrected chi connectivity index (χ1v) is 11.5. The molecule has 0 atom stereocenters. The van der Waals surface area contributed by atoms with E-state index in [1.54, 1.807) is 13.8 Å². The van der Waals surface area contributed by atoms with E-state index in [9.17, 15) is 4.89 Å². The number of hydrogen-bond acceptors (Lipinski definition) is 5. The molecule has 0 aliphatic rings. The Morgan fingerprint density at radius 3 is 1.79 bits per heavy atom. The average molecular weight is 405 g/mol. The largest absolute Gasteiger partial charge is 0.490 e. The van der Waals surface area contributed by atoms with Gasteiger partial charge in [-0.2, -0.15) is 13.9 Å². The van der Waals surface area contributed by atoms with Crippen LogP contribution in [-0.2, 0) is 13.8 Å². The Kier molecular flexibility index (Phi) is 9.10. The van der Waals surface area contributed by atoms with Gasteiger partial charge >= 0.3 is 7.94 Å². The number of ether oxygens (including phenoxy) is 2. The quantitative estimate of drug-likeness (QED) is 0.306. The van der Waals surface area contributed by atoms with Crippen LogP contribution in [0.25, 0.3) is 21.5 Å². The SMILES string of the molecule is CCO[P+](C)(O)OCC.COCCOc1c2ccccc2cc2ccccc12. The van der Waals surface area contributed by atoms with Gasteiger partial charge in [0.15, 0.2) is 0 Å². The second-order valence-corrected chi connectivity index (χ2v) is 8.25. The molecule has 0 bridgehead atoms. The van der Waals surface area contributed by atoms with Crippen LogP contribution in [-0.4, -0.2) is 45.1 Å². The lowest BCUT2D eigenvalue weighted by Crippen LogP contribution is -2.05. The van der Waals surface area contributed by atoms with Crippen molar-refractivity contribution >= 4 is 29.5 Å². The summed E-state index contributed by atoms with van der Waals surface area (Å²) in [6, 6.07) is 18.8. The van der Waals surface area contributed by atoms with E-state index >= 15 is 0 Å². The third kappa shape index (κ3) is 6.40. The monoisotopic (exact) mass is 405 g/mol. The standard InChI is InChI=1S/C17H16O2.C5H14O3P/c1-18-10-11-19-17-15-8-4-2-6-13(15)12-14-7-3-5-9-16(14)17;1-4-7-9(3,6)8-5-2/h2-9,12H,10-11H2,1H3;6H,4-5H2,1-3H3/q;+1. The average Bonchev–Trinajstić information content (AvgIpc) is 2.68. The molecule has 0 saturated heterocycles. The second-order valence-electron chi connectivity index (χ2n) is 6.13. The number of benzene rings is 3. The first-order chi connectivity index (χ1) is 13.5. The van der Waals surface area contributed by atoms with Crippen LogP contribution in [0.15, 0.2) is 54.6 Å². The van der Waals surface area contributed by atoms with Gasteiger partial charge in [0.1, 0.15) is 19.0 Å². The Balaban J connectivity index is 0.000000266. The molecule has 5 nitrogen and oxygen atoms in total. The van der Waals surface area contributed by atoms with Gasteiger partial charge in [-0.25, -0.2) is 0 Å². The van der Waals surface area contributed by atoms with Crippen LogP contribution in [0.3, 0.4) is 0 Å². The van der Waals surface area contributed by atoms with E-state index in [2.05, 4.69) is 42.5 Å². The van der Waals surface area contributed by atoms with Crippen molar-refractivity contribution in [1.82, 2.24) is 0 Å². The smallest absolute Gasteiger partial charge is 0.405 e. The molecule has 3 aromatic carbocycles. The molecule has 0 fully saturated rings. The summed E-state index contributed by atoms with van der Waals surface area (Å²) in [7, 11) is -0.757. The fourth-order valence-corrected chi connectivity index (χ4v) is 3.90. The summed E-state index contributed by atoms with van der Waals surface area (Å²) in [6.45, 7) is 7.40. The highest BCUT2D eigenvalue weighted by Gasteiger charge is 2.31. The van der Waals surface area contributed by atoms with Crippen molar-refractivity contribution in [1.29, 1.82) is 0 Å². The summed E-state index contributed by atoms with van der Waals surface area (Å²) in [4.78, 5) is 9.18. The summed E-state index contributed by atoms with van der Waals surface area (Å²) in [6.07, 6.45) is 0. The lowest BCUT2D eigenvalue weighted by Gasteiger charge is -2.12. The minimum Gasteiger partial charge on any atom is -0.490 e. The van der Waals surface area contributed by atoms with Crippen LogP contribution in [0.1, 0.15) is 13.8 Å². The summed E-state index contributed by atoms with van der Waals surface area (Å²) in [5.74, 6) is 0.950. The van der Waals surface area contributed by atoms with Crippen molar-refractivity contribution in [3.63, 3.8) is 0 Å². The Morgan fingerprint density at radius 1 is 0.821 bits per heavy atom.